The molecule has 1 N–H and O–H groups in total. The van der Waals surface area contributed by atoms with Gasteiger partial charge in [-0.2, -0.15) is 0 Å². The van der Waals surface area contributed by atoms with Gasteiger partial charge in [0.15, 0.2) is 0 Å². The van der Waals surface area contributed by atoms with Gasteiger partial charge in [0.25, 0.3) is 0 Å². The molecular weight excluding hydrogens is 114 g/mol. The summed E-state index contributed by atoms with van der Waals surface area (Å²) in [5.74, 6) is 0. The van der Waals surface area contributed by atoms with Gasteiger partial charge in [-0.3, -0.25) is 5.32 Å². The molecule has 1 spiro atoms. The molecule has 2 rings (SSSR count). The Kier molecular flexibility index (Phi) is 1.24. The summed E-state index contributed by atoms with van der Waals surface area (Å²) in [6.45, 7) is 2.12. The lowest BCUT2D eigenvalue weighted by Crippen LogP contribution is -2.38. The molecule has 0 aromatic heterocycles. The Hall–Kier alpha value is -0.0800. The fourth-order valence-electron chi connectivity index (χ4n) is 1.81. The largest absolute Gasteiger partial charge is 0.361 e. The van der Waals surface area contributed by atoms with Crippen LogP contribution in [0, 0.1) is 0 Å². The van der Waals surface area contributed by atoms with Crippen molar-refractivity contribution in [2.45, 2.75) is 31.4 Å². The van der Waals surface area contributed by atoms with E-state index < -0.39 is 0 Å². The van der Waals surface area contributed by atoms with Crippen LogP contribution in [0.4, 0.5) is 0 Å². The van der Waals surface area contributed by atoms with Crippen LogP contribution in [-0.4, -0.2) is 18.9 Å². The molecule has 2 aliphatic rings. The lowest BCUT2D eigenvalue weighted by atomic mass is 10.1. The summed E-state index contributed by atoms with van der Waals surface area (Å²) in [7, 11) is 0. The predicted octanol–water partition coefficient (Wildman–Crippen LogP) is 0.877. The number of nitrogens with one attached hydrogen (secondary N) is 1. The second-order valence-corrected chi connectivity index (χ2v) is 2.98. The SMILES string of the molecule is C1CN[C@]2(C1)CCCO2. The number of hydrogen-bond acceptors (Lipinski definition) is 2. The molecule has 2 heteroatoms. The highest BCUT2D eigenvalue weighted by atomic mass is 16.5. The first kappa shape index (κ1) is 5.69. The summed E-state index contributed by atoms with van der Waals surface area (Å²) in [6, 6.07) is 0. The molecule has 0 radical (unpaired) electrons. The predicted molar refractivity (Wildman–Crippen MR) is 35.2 cm³/mol. The molecule has 52 valence electrons. The molecule has 1 atom stereocenters. The highest BCUT2D eigenvalue weighted by molar-refractivity contribution is 4.87. The van der Waals surface area contributed by atoms with Gasteiger partial charge in [-0.25, -0.2) is 0 Å². The summed E-state index contributed by atoms with van der Waals surface area (Å²) >= 11 is 0. The second-order valence-electron chi connectivity index (χ2n) is 2.98. The molecule has 2 fully saturated rings. The van der Waals surface area contributed by atoms with Gasteiger partial charge in [-0.15, -0.1) is 0 Å². The van der Waals surface area contributed by atoms with Crippen molar-refractivity contribution in [3.05, 3.63) is 0 Å². The third kappa shape index (κ3) is 0.864. The zero-order chi connectivity index (χ0) is 6.16. The monoisotopic (exact) mass is 127 g/mol. The number of hydrogen-bond donors (Lipinski definition) is 1. The first-order valence-corrected chi connectivity index (χ1v) is 3.80. The van der Waals surface area contributed by atoms with Crippen LogP contribution in [0.15, 0.2) is 0 Å². The van der Waals surface area contributed by atoms with E-state index in [4.69, 9.17) is 4.74 Å². The van der Waals surface area contributed by atoms with Crippen LogP contribution in [0.25, 0.3) is 0 Å². The minimum absolute atomic E-state index is 0.139. The third-order valence-electron chi connectivity index (χ3n) is 2.31. The molecule has 0 aromatic carbocycles. The van der Waals surface area contributed by atoms with E-state index in [-0.39, 0.29) is 5.72 Å². The smallest absolute Gasteiger partial charge is 0.119 e. The average Bonchev–Trinajstić information content (AvgIpc) is 2.45. The van der Waals surface area contributed by atoms with Crippen LogP contribution in [0.1, 0.15) is 25.7 Å². The Labute approximate surface area is 55.6 Å². The molecule has 0 bridgehead atoms. The molecule has 0 aromatic rings. The van der Waals surface area contributed by atoms with Crippen molar-refractivity contribution in [3.63, 3.8) is 0 Å². The molecule has 2 heterocycles. The van der Waals surface area contributed by atoms with Crippen molar-refractivity contribution in [3.8, 4) is 0 Å². The Bertz CT molecular complexity index is 84.0. The van der Waals surface area contributed by atoms with E-state index in [1.165, 1.54) is 25.7 Å². The van der Waals surface area contributed by atoms with Gasteiger partial charge in [0.05, 0.1) is 0 Å². The number of rotatable bonds is 0. The van der Waals surface area contributed by atoms with Crippen LogP contribution in [0.3, 0.4) is 0 Å². The topological polar surface area (TPSA) is 21.3 Å². The maximum atomic E-state index is 5.59. The van der Waals surface area contributed by atoms with Crippen molar-refractivity contribution >= 4 is 0 Å². The summed E-state index contributed by atoms with van der Waals surface area (Å²) < 4.78 is 5.59. The Balaban J connectivity index is 2.04. The molecule has 0 amide bonds. The normalized spacial score (nSPS) is 42.7. The molecule has 2 saturated heterocycles. The van der Waals surface area contributed by atoms with E-state index in [2.05, 4.69) is 5.32 Å². The molecule has 0 unspecified atom stereocenters. The average molecular weight is 127 g/mol. The highest BCUT2D eigenvalue weighted by Crippen LogP contribution is 2.30. The maximum absolute atomic E-state index is 5.59. The van der Waals surface area contributed by atoms with Gasteiger partial charge in [-0.1, -0.05) is 0 Å². The Morgan fingerprint density at radius 2 is 2.11 bits per heavy atom. The van der Waals surface area contributed by atoms with Crippen LogP contribution in [-0.2, 0) is 4.74 Å². The van der Waals surface area contributed by atoms with Gasteiger partial charge >= 0.3 is 0 Å². The maximum Gasteiger partial charge on any atom is 0.119 e. The van der Waals surface area contributed by atoms with E-state index in [0.717, 1.165) is 13.2 Å². The molecule has 2 nitrogen and oxygen atoms in total. The quantitative estimate of drug-likeness (QED) is 0.521. The van der Waals surface area contributed by atoms with E-state index >= 15 is 0 Å². The Morgan fingerprint density at radius 3 is 2.67 bits per heavy atom. The minimum Gasteiger partial charge on any atom is -0.361 e. The van der Waals surface area contributed by atoms with Crippen LogP contribution >= 0.6 is 0 Å². The molecular formula is C7H13NO. The van der Waals surface area contributed by atoms with Gasteiger partial charge in [0.1, 0.15) is 5.72 Å². The van der Waals surface area contributed by atoms with Gasteiger partial charge < -0.3 is 4.74 Å². The van der Waals surface area contributed by atoms with Crippen molar-refractivity contribution in [1.82, 2.24) is 5.32 Å². The summed E-state index contributed by atoms with van der Waals surface area (Å²) in [5, 5.41) is 3.41. The lowest BCUT2D eigenvalue weighted by Gasteiger charge is -2.21. The summed E-state index contributed by atoms with van der Waals surface area (Å²) in [6.07, 6.45) is 4.99. The van der Waals surface area contributed by atoms with E-state index in [0.29, 0.717) is 0 Å². The van der Waals surface area contributed by atoms with Crippen molar-refractivity contribution in [1.29, 1.82) is 0 Å². The van der Waals surface area contributed by atoms with Crippen LogP contribution in [0.5, 0.6) is 0 Å². The van der Waals surface area contributed by atoms with Gasteiger partial charge in [0, 0.05) is 6.61 Å². The number of ether oxygens (including phenoxy) is 1. The van der Waals surface area contributed by atoms with E-state index in [1.807, 2.05) is 0 Å². The molecule has 0 saturated carbocycles. The van der Waals surface area contributed by atoms with Crippen molar-refractivity contribution in [2.75, 3.05) is 13.2 Å². The van der Waals surface area contributed by atoms with Crippen LogP contribution in [0.2, 0.25) is 0 Å². The van der Waals surface area contributed by atoms with Crippen molar-refractivity contribution < 1.29 is 4.74 Å². The van der Waals surface area contributed by atoms with Crippen molar-refractivity contribution in [2.24, 2.45) is 0 Å². The third-order valence-corrected chi connectivity index (χ3v) is 2.31. The lowest BCUT2D eigenvalue weighted by molar-refractivity contribution is -0.00825. The zero-order valence-electron chi connectivity index (χ0n) is 5.65. The van der Waals surface area contributed by atoms with Crippen LogP contribution < -0.4 is 5.32 Å². The molecule has 2 aliphatic heterocycles. The zero-order valence-corrected chi connectivity index (χ0v) is 5.65. The Morgan fingerprint density at radius 1 is 1.22 bits per heavy atom. The van der Waals surface area contributed by atoms with Gasteiger partial charge in [0.2, 0.25) is 0 Å². The fourth-order valence-corrected chi connectivity index (χ4v) is 1.81. The summed E-state index contributed by atoms with van der Waals surface area (Å²) in [5.41, 5.74) is 0.139. The van der Waals surface area contributed by atoms with Gasteiger partial charge in [-0.05, 0) is 32.2 Å². The van der Waals surface area contributed by atoms with E-state index in [9.17, 15) is 0 Å². The molecule has 0 aliphatic carbocycles. The molecule has 9 heavy (non-hydrogen) atoms. The van der Waals surface area contributed by atoms with E-state index in [1.54, 1.807) is 0 Å². The minimum atomic E-state index is 0.139. The highest BCUT2D eigenvalue weighted by Gasteiger charge is 2.37. The fraction of sp³-hybridized carbons (Fsp3) is 1.00. The first-order chi connectivity index (χ1) is 4.41. The standard InChI is InChI=1S/C7H13NO/c1-3-7(8-5-1)4-2-6-9-7/h8H,1-6H2/t7-/m0/s1. The summed E-state index contributed by atoms with van der Waals surface area (Å²) in [4.78, 5) is 0. The first-order valence-electron chi connectivity index (χ1n) is 3.80. The second kappa shape index (κ2) is 1.96.